The first kappa shape index (κ1) is 11.3. The van der Waals surface area contributed by atoms with E-state index < -0.39 is 0 Å². The van der Waals surface area contributed by atoms with Gasteiger partial charge < -0.3 is 4.74 Å². The molecule has 1 unspecified atom stereocenters. The van der Waals surface area contributed by atoms with Crippen molar-refractivity contribution < 1.29 is 4.74 Å². The van der Waals surface area contributed by atoms with E-state index in [-0.39, 0.29) is 11.5 Å². The molecule has 78 valence electrons. The first-order valence-corrected chi connectivity index (χ1v) is 5.22. The van der Waals surface area contributed by atoms with Crippen LogP contribution in [0.2, 0.25) is 0 Å². The van der Waals surface area contributed by atoms with E-state index in [1.54, 1.807) is 0 Å². The standard InChI is InChI=1S/C13H20O/c1-5-14-12(13(2,3)4)11-9-7-6-8-10-11/h6-10,12H,5H2,1-4H3. The van der Waals surface area contributed by atoms with E-state index in [2.05, 4.69) is 45.0 Å². The number of hydrogen-bond donors (Lipinski definition) is 0. The van der Waals surface area contributed by atoms with E-state index >= 15 is 0 Å². The van der Waals surface area contributed by atoms with Crippen molar-refractivity contribution in [1.29, 1.82) is 0 Å². The van der Waals surface area contributed by atoms with Crippen molar-refractivity contribution in [3.05, 3.63) is 35.9 Å². The minimum atomic E-state index is 0.150. The molecular weight excluding hydrogens is 172 g/mol. The van der Waals surface area contributed by atoms with Crippen LogP contribution in [0, 0.1) is 5.41 Å². The summed E-state index contributed by atoms with van der Waals surface area (Å²) in [5, 5.41) is 0. The molecule has 0 saturated heterocycles. The largest absolute Gasteiger partial charge is 0.373 e. The lowest BCUT2D eigenvalue weighted by Gasteiger charge is -2.30. The van der Waals surface area contributed by atoms with Crippen molar-refractivity contribution in [1.82, 2.24) is 0 Å². The molecule has 1 rings (SSSR count). The zero-order valence-electron chi connectivity index (χ0n) is 9.58. The highest BCUT2D eigenvalue weighted by atomic mass is 16.5. The van der Waals surface area contributed by atoms with Crippen LogP contribution >= 0.6 is 0 Å². The van der Waals surface area contributed by atoms with Crippen LogP contribution in [0.25, 0.3) is 0 Å². The maximum Gasteiger partial charge on any atom is 0.0872 e. The molecule has 1 heteroatoms. The second-order valence-electron chi connectivity index (χ2n) is 4.61. The summed E-state index contributed by atoms with van der Waals surface area (Å²) in [4.78, 5) is 0. The van der Waals surface area contributed by atoms with Crippen LogP contribution in [-0.2, 0) is 4.74 Å². The molecule has 0 amide bonds. The Labute approximate surface area is 87.1 Å². The smallest absolute Gasteiger partial charge is 0.0872 e. The zero-order chi connectivity index (χ0) is 10.6. The minimum Gasteiger partial charge on any atom is -0.373 e. The zero-order valence-corrected chi connectivity index (χ0v) is 9.58. The van der Waals surface area contributed by atoms with E-state index in [0.29, 0.717) is 0 Å². The molecule has 1 atom stereocenters. The molecule has 1 aromatic rings. The molecule has 0 aliphatic carbocycles. The molecule has 0 bridgehead atoms. The molecule has 14 heavy (non-hydrogen) atoms. The molecule has 0 aromatic heterocycles. The van der Waals surface area contributed by atoms with Gasteiger partial charge in [0.15, 0.2) is 0 Å². The van der Waals surface area contributed by atoms with Gasteiger partial charge in [-0.25, -0.2) is 0 Å². The molecule has 0 saturated carbocycles. The number of benzene rings is 1. The molecule has 0 fully saturated rings. The van der Waals surface area contributed by atoms with Crippen molar-refractivity contribution in [2.45, 2.75) is 33.8 Å². The van der Waals surface area contributed by atoms with Gasteiger partial charge in [0.05, 0.1) is 6.10 Å². The van der Waals surface area contributed by atoms with Crippen LogP contribution in [0.3, 0.4) is 0 Å². The van der Waals surface area contributed by atoms with Crippen LogP contribution in [-0.4, -0.2) is 6.61 Å². The third-order valence-electron chi connectivity index (χ3n) is 2.22. The van der Waals surface area contributed by atoms with E-state index in [4.69, 9.17) is 4.74 Å². The van der Waals surface area contributed by atoms with Crippen LogP contribution in [0.1, 0.15) is 39.4 Å². The lowest BCUT2D eigenvalue weighted by atomic mass is 9.84. The van der Waals surface area contributed by atoms with Gasteiger partial charge in [0.1, 0.15) is 0 Å². The maximum absolute atomic E-state index is 5.79. The Morgan fingerprint density at radius 2 is 1.71 bits per heavy atom. The molecule has 0 radical (unpaired) electrons. The monoisotopic (exact) mass is 192 g/mol. The molecule has 0 aliphatic heterocycles. The summed E-state index contributed by atoms with van der Waals surface area (Å²) in [7, 11) is 0. The van der Waals surface area contributed by atoms with Crippen LogP contribution < -0.4 is 0 Å². The van der Waals surface area contributed by atoms with Crippen molar-refractivity contribution in [2.75, 3.05) is 6.61 Å². The highest BCUT2D eigenvalue weighted by Gasteiger charge is 2.26. The molecule has 0 heterocycles. The fourth-order valence-corrected chi connectivity index (χ4v) is 1.64. The van der Waals surface area contributed by atoms with Gasteiger partial charge in [-0.15, -0.1) is 0 Å². The highest BCUT2D eigenvalue weighted by Crippen LogP contribution is 2.35. The Balaban J connectivity index is 2.89. The van der Waals surface area contributed by atoms with E-state index in [1.807, 2.05) is 13.0 Å². The normalized spacial score (nSPS) is 14.0. The Bertz CT molecular complexity index is 258. The third kappa shape index (κ3) is 2.85. The Hall–Kier alpha value is -0.820. The number of ether oxygens (including phenoxy) is 1. The number of hydrogen-bond acceptors (Lipinski definition) is 1. The van der Waals surface area contributed by atoms with E-state index in [0.717, 1.165) is 6.61 Å². The van der Waals surface area contributed by atoms with Crippen LogP contribution in [0.15, 0.2) is 30.3 Å². The molecule has 0 aliphatic rings. The highest BCUT2D eigenvalue weighted by molar-refractivity contribution is 5.19. The Morgan fingerprint density at radius 3 is 2.14 bits per heavy atom. The second-order valence-corrected chi connectivity index (χ2v) is 4.61. The Kier molecular flexibility index (Phi) is 3.70. The minimum absolute atomic E-state index is 0.150. The quantitative estimate of drug-likeness (QED) is 0.707. The average Bonchev–Trinajstić information content (AvgIpc) is 2.14. The summed E-state index contributed by atoms with van der Waals surface area (Å²) in [5.41, 5.74) is 1.42. The van der Waals surface area contributed by atoms with Gasteiger partial charge >= 0.3 is 0 Å². The molecule has 1 nitrogen and oxygen atoms in total. The lowest BCUT2D eigenvalue weighted by molar-refractivity contribution is -0.0132. The van der Waals surface area contributed by atoms with E-state index in [9.17, 15) is 0 Å². The van der Waals surface area contributed by atoms with Gasteiger partial charge in [0.2, 0.25) is 0 Å². The average molecular weight is 192 g/mol. The predicted octanol–water partition coefficient (Wildman–Crippen LogP) is 3.81. The molecule has 0 N–H and O–H groups in total. The summed E-state index contributed by atoms with van der Waals surface area (Å²) < 4.78 is 5.79. The molecule has 0 spiro atoms. The summed E-state index contributed by atoms with van der Waals surface area (Å²) in [5.74, 6) is 0. The van der Waals surface area contributed by atoms with Crippen LogP contribution in [0.5, 0.6) is 0 Å². The fourth-order valence-electron chi connectivity index (χ4n) is 1.64. The first-order valence-electron chi connectivity index (χ1n) is 5.22. The van der Waals surface area contributed by atoms with Gasteiger partial charge in [-0.1, -0.05) is 51.1 Å². The van der Waals surface area contributed by atoms with Crippen LogP contribution in [0.4, 0.5) is 0 Å². The van der Waals surface area contributed by atoms with Crippen molar-refractivity contribution in [3.8, 4) is 0 Å². The number of rotatable bonds is 3. The van der Waals surface area contributed by atoms with Crippen molar-refractivity contribution in [2.24, 2.45) is 5.41 Å². The molecule has 1 aromatic carbocycles. The molecular formula is C13H20O. The van der Waals surface area contributed by atoms with Gasteiger partial charge in [-0.2, -0.15) is 0 Å². The first-order chi connectivity index (χ1) is 6.55. The predicted molar refractivity (Wildman–Crippen MR) is 60.3 cm³/mol. The topological polar surface area (TPSA) is 9.23 Å². The summed E-state index contributed by atoms with van der Waals surface area (Å²) >= 11 is 0. The third-order valence-corrected chi connectivity index (χ3v) is 2.22. The van der Waals surface area contributed by atoms with Crippen molar-refractivity contribution >= 4 is 0 Å². The summed E-state index contributed by atoms with van der Waals surface area (Å²) in [6.45, 7) is 9.43. The second kappa shape index (κ2) is 4.61. The van der Waals surface area contributed by atoms with Gasteiger partial charge in [-0.05, 0) is 17.9 Å². The van der Waals surface area contributed by atoms with Gasteiger partial charge in [0, 0.05) is 6.61 Å². The summed E-state index contributed by atoms with van der Waals surface area (Å²) in [6.07, 6.45) is 0.189. The van der Waals surface area contributed by atoms with Gasteiger partial charge in [0.25, 0.3) is 0 Å². The fraction of sp³-hybridized carbons (Fsp3) is 0.538. The van der Waals surface area contributed by atoms with Gasteiger partial charge in [-0.3, -0.25) is 0 Å². The Morgan fingerprint density at radius 1 is 1.14 bits per heavy atom. The summed E-state index contributed by atoms with van der Waals surface area (Å²) in [6, 6.07) is 10.4. The maximum atomic E-state index is 5.79. The SMILES string of the molecule is CCOC(c1ccccc1)C(C)(C)C. The lowest BCUT2D eigenvalue weighted by Crippen LogP contribution is -2.21. The van der Waals surface area contributed by atoms with E-state index in [1.165, 1.54) is 5.56 Å². The van der Waals surface area contributed by atoms with Crippen molar-refractivity contribution in [3.63, 3.8) is 0 Å².